The van der Waals surface area contributed by atoms with Gasteiger partial charge in [0.25, 0.3) is 5.91 Å². The van der Waals surface area contributed by atoms with Crippen molar-refractivity contribution < 1.29 is 4.79 Å². The fourth-order valence-corrected chi connectivity index (χ4v) is 2.21. The number of carbonyl (C=O) groups is 1. The van der Waals surface area contributed by atoms with Crippen molar-refractivity contribution in [1.82, 2.24) is 0 Å². The highest BCUT2D eigenvalue weighted by molar-refractivity contribution is 6.07. The Morgan fingerprint density at radius 1 is 1.00 bits per heavy atom. The Morgan fingerprint density at radius 3 is 2.30 bits per heavy atom. The zero-order valence-electron chi connectivity index (χ0n) is 12.0. The van der Waals surface area contributed by atoms with Gasteiger partial charge in [-0.05, 0) is 38.1 Å². The predicted molar refractivity (Wildman–Crippen MR) is 84.4 cm³/mol. The molecule has 1 N–H and O–H groups in total. The van der Waals surface area contributed by atoms with Gasteiger partial charge in [0.2, 0.25) is 0 Å². The molecular weight excluding hydrogens is 248 g/mol. The molecule has 3 nitrogen and oxygen atoms in total. The Bertz CT molecular complexity index is 566. The number of carbonyl (C=O) groups excluding carboxylic acids is 1. The van der Waals surface area contributed by atoms with Crippen LogP contribution in [-0.4, -0.2) is 19.0 Å². The standard InChI is InChI=1S/C17H20N2O/c1-3-18-15-12-8-9-13-16(15)19(4-2)17(20)14-10-6-5-7-11-14/h5-13,18H,3-4H2,1-2H3. The molecule has 2 aromatic carbocycles. The van der Waals surface area contributed by atoms with Crippen molar-refractivity contribution in [2.24, 2.45) is 0 Å². The summed E-state index contributed by atoms with van der Waals surface area (Å²) in [5.41, 5.74) is 2.62. The van der Waals surface area contributed by atoms with E-state index in [0.29, 0.717) is 12.1 Å². The molecule has 0 unspecified atom stereocenters. The van der Waals surface area contributed by atoms with Gasteiger partial charge in [-0.15, -0.1) is 0 Å². The summed E-state index contributed by atoms with van der Waals surface area (Å²) in [6, 6.07) is 17.3. The Kier molecular flexibility index (Phi) is 4.77. The van der Waals surface area contributed by atoms with Crippen molar-refractivity contribution in [3.05, 3.63) is 60.2 Å². The Morgan fingerprint density at radius 2 is 1.65 bits per heavy atom. The van der Waals surface area contributed by atoms with Gasteiger partial charge in [0.1, 0.15) is 0 Å². The number of hydrogen-bond donors (Lipinski definition) is 1. The monoisotopic (exact) mass is 268 g/mol. The third-order valence-electron chi connectivity index (χ3n) is 3.14. The van der Waals surface area contributed by atoms with E-state index in [4.69, 9.17) is 0 Å². The summed E-state index contributed by atoms with van der Waals surface area (Å²) in [6.07, 6.45) is 0. The van der Waals surface area contributed by atoms with Crippen LogP contribution in [0.5, 0.6) is 0 Å². The van der Waals surface area contributed by atoms with E-state index in [-0.39, 0.29) is 5.91 Å². The molecule has 0 bridgehead atoms. The van der Waals surface area contributed by atoms with Crippen LogP contribution in [0.1, 0.15) is 24.2 Å². The number of nitrogens with one attached hydrogen (secondary N) is 1. The summed E-state index contributed by atoms with van der Waals surface area (Å²) in [5, 5.41) is 3.30. The van der Waals surface area contributed by atoms with Crippen molar-refractivity contribution in [3.8, 4) is 0 Å². The summed E-state index contributed by atoms with van der Waals surface area (Å²) in [5.74, 6) is 0.0263. The fourth-order valence-electron chi connectivity index (χ4n) is 2.21. The second-order valence-electron chi connectivity index (χ2n) is 4.46. The van der Waals surface area contributed by atoms with Crippen LogP contribution in [0, 0.1) is 0 Å². The average Bonchev–Trinajstić information content (AvgIpc) is 2.51. The normalized spacial score (nSPS) is 10.1. The molecule has 0 heterocycles. The lowest BCUT2D eigenvalue weighted by Gasteiger charge is -2.24. The van der Waals surface area contributed by atoms with Gasteiger partial charge in [-0.2, -0.15) is 0 Å². The van der Waals surface area contributed by atoms with E-state index in [1.165, 1.54) is 0 Å². The number of rotatable bonds is 5. The van der Waals surface area contributed by atoms with Crippen LogP contribution in [-0.2, 0) is 0 Å². The molecule has 3 heteroatoms. The molecule has 0 atom stereocenters. The van der Waals surface area contributed by atoms with Crippen LogP contribution >= 0.6 is 0 Å². The van der Waals surface area contributed by atoms with E-state index in [0.717, 1.165) is 17.9 Å². The highest BCUT2D eigenvalue weighted by atomic mass is 16.2. The fraction of sp³-hybridized carbons (Fsp3) is 0.235. The zero-order chi connectivity index (χ0) is 14.4. The van der Waals surface area contributed by atoms with Crippen molar-refractivity contribution in [2.75, 3.05) is 23.3 Å². The third-order valence-corrected chi connectivity index (χ3v) is 3.14. The second-order valence-corrected chi connectivity index (χ2v) is 4.46. The van der Waals surface area contributed by atoms with Crippen LogP contribution < -0.4 is 10.2 Å². The maximum absolute atomic E-state index is 12.6. The maximum Gasteiger partial charge on any atom is 0.258 e. The molecule has 0 aromatic heterocycles. The molecular formula is C17H20N2O. The largest absolute Gasteiger partial charge is 0.384 e. The van der Waals surface area contributed by atoms with Crippen LogP contribution in [0.15, 0.2) is 54.6 Å². The second kappa shape index (κ2) is 6.75. The zero-order valence-corrected chi connectivity index (χ0v) is 12.0. The summed E-state index contributed by atoms with van der Waals surface area (Å²) >= 11 is 0. The molecule has 104 valence electrons. The lowest BCUT2D eigenvalue weighted by molar-refractivity contribution is 0.0988. The third kappa shape index (κ3) is 2.99. The van der Waals surface area contributed by atoms with Gasteiger partial charge < -0.3 is 10.2 Å². The first-order valence-corrected chi connectivity index (χ1v) is 6.97. The molecule has 20 heavy (non-hydrogen) atoms. The molecule has 0 spiro atoms. The molecule has 0 saturated heterocycles. The first-order chi connectivity index (χ1) is 9.77. The van der Waals surface area contributed by atoms with Crippen molar-refractivity contribution in [1.29, 1.82) is 0 Å². The SMILES string of the molecule is CCNc1ccccc1N(CC)C(=O)c1ccccc1. The first-order valence-electron chi connectivity index (χ1n) is 6.97. The van der Waals surface area contributed by atoms with Gasteiger partial charge in [-0.3, -0.25) is 4.79 Å². The number of anilines is 2. The number of hydrogen-bond acceptors (Lipinski definition) is 2. The lowest BCUT2D eigenvalue weighted by Crippen LogP contribution is -2.31. The highest BCUT2D eigenvalue weighted by Gasteiger charge is 2.17. The van der Waals surface area contributed by atoms with Gasteiger partial charge in [0.15, 0.2) is 0 Å². The number of amides is 1. The lowest BCUT2D eigenvalue weighted by atomic mass is 10.1. The maximum atomic E-state index is 12.6. The van der Waals surface area contributed by atoms with E-state index in [9.17, 15) is 4.79 Å². The number of benzene rings is 2. The predicted octanol–water partition coefficient (Wildman–Crippen LogP) is 3.79. The quantitative estimate of drug-likeness (QED) is 0.895. The number of para-hydroxylation sites is 2. The number of nitrogens with zero attached hydrogens (tertiary/aromatic N) is 1. The molecule has 0 saturated carbocycles. The summed E-state index contributed by atoms with van der Waals surface area (Å²) < 4.78 is 0. The minimum Gasteiger partial charge on any atom is -0.384 e. The minimum absolute atomic E-state index is 0.0263. The molecule has 0 fully saturated rings. The molecule has 2 aromatic rings. The Hall–Kier alpha value is -2.29. The van der Waals surface area contributed by atoms with Crippen molar-refractivity contribution in [3.63, 3.8) is 0 Å². The molecule has 0 aliphatic rings. The molecule has 0 aliphatic carbocycles. The van der Waals surface area contributed by atoms with E-state index in [1.807, 2.05) is 68.4 Å². The van der Waals surface area contributed by atoms with Gasteiger partial charge in [0.05, 0.1) is 11.4 Å². The van der Waals surface area contributed by atoms with Gasteiger partial charge in [-0.25, -0.2) is 0 Å². The Balaban J connectivity index is 2.35. The summed E-state index contributed by atoms with van der Waals surface area (Å²) in [7, 11) is 0. The van der Waals surface area contributed by atoms with Crippen LogP contribution in [0.2, 0.25) is 0 Å². The summed E-state index contributed by atoms with van der Waals surface area (Å²) in [6.45, 7) is 5.50. The molecule has 1 amide bonds. The minimum atomic E-state index is 0.0263. The van der Waals surface area contributed by atoms with Gasteiger partial charge >= 0.3 is 0 Å². The van der Waals surface area contributed by atoms with Crippen LogP contribution in [0.25, 0.3) is 0 Å². The highest BCUT2D eigenvalue weighted by Crippen LogP contribution is 2.26. The van der Waals surface area contributed by atoms with E-state index in [2.05, 4.69) is 5.32 Å². The topological polar surface area (TPSA) is 32.3 Å². The van der Waals surface area contributed by atoms with E-state index < -0.39 is 0 Å². The van der Waals surface area contributed by atoms with Gasteiger partial charge in [-0.1, -0.05) is 30.3 Å². The van der Waals surface area contributed by atoms with E-state index >= 15 is 0 Å². The Labute approximate surface area is 120 Å². The van der Waals surface area contributed by atoms with Gasteiger partial charge in [0, 0.05) is 18.7 Å². The van der Waals surface area contributed by atoms with E-state index in [1.54, 1.807) is 4.90 Å². The summed E-state index contributed by atoms with van der Waals surface area (Å²) in [4.78, 5) is 14.4. The molecule has 0 aliphatic heterocycles. The average molecular weight is 268 g/mol. The van der Waals surface area contributed by atoms with Crippen LogP contribution in [0.4, 0.5) is 11.4 Å². The van der Waals surface area contributed by atoms with Crippen LogP contribution in [0.3, 0.4) is 0 Å². The molecule has 2 rings (SSSR count). The molecule has 0 radical (unpaired) electrons. The first kappa shape index (κ1) is 14.1. The smallest absolute Gasteiger partial charge is 0.258 e. The van der Waals surface area contributed by atoms with Crippen molar-refractivity contribution in [2.45, 2.75) is 13.8 Å². The van der Waals surface area contributed by atoms with Crippen molar-refractivity contribution >= 4 is 17.3 Å².